The monoisotopic (exact) mass is 312 g/mol. The van der Waals surface area contributed by atoms with Gasteiger partial charge in [0.15, 0.2) is 6.29 Å². The average Bonchev–Trinajstić information content (AvgIpc) is 2.17. The topological polar surface area (TPSA) is 56.0 Å². The lowest BCUT2D eigenvalue weighted by molar-refractivity contribution is 0.110. The van der Waals surface area contributed by atoms with Crippen molar-refractivity contribution in [3.63, 3.8) is 0 Å². The number of rotatable bonds is 3. The molecule has 1 heterocycles. The van der Waals surface area contributed by atoms with Gasteiger partial charge in [0.1, 0.15) is 3.70 Å². The van der Waals surface area contributed by atoms with Crippen LogP contribution < -0.4 is 5.73 Å². The molecule has 0 unspecified atom stereocenters. The first kappa shape index (κ1) is 11.4. The largest absolute Gasteiger partial charge is 0.326 e. The minimum absolute atomic E-state index is 0.0512. The normalized spacial score (nSPS) is 10.6. The third kappa shape index (κ3) is 2.06. The van der Waals surface area contributed by atoms with Crippen LogP contribution in [-0.2, 0) is 6.54 Å². The van der Waals surface area contributed by atoms with Crippen molar-refractivity contribution >= 4 is 28.9 Å². The molecule has 1 rings (SSSR count). The Labute approximate surface area is 92.8 Å². The van der Waals surface area contributed by atoms with Gasteiger partial charge in [-0.05, 0) is 28.2 Å². The molecule has 1 aromatic rings. The number of nitrogens with zero attached hydrogens (tertiary/aromatic N) is 1. The van der Waals surface area contributed by atoms with Crippen LogP contribution in [0.15, 0.2) is 6.20 Å². The zero-order valence-electron chi connectivity index (χ0n) is 7.01. The number of alkyl halides is 2. The first-order valence-electron chi connectivity index (χ1n) is 3.72. The van der Waals surface area contributed by atoms with Crippen LogP contribution in [-0.4, -0.2) is 11.3 Å². The molecule has 6 heteroatoms. The van der Waals surface area contributed by atoms with Crippen LogP contribution in [0.5, 0.6) is 0 Å². The second-order valence-electron chi connectivity index (χ2n) is 2.52. The fourth-order valence-electron chi connectivity index (χ4n) is 1.09. The highest BCUT2D eigenvalue weighted by atomic mass is 127. The third-order valence-corrected chi connectivity index (χ3v) is 2.61. The predicted molar refractivity (Wildman–Crippen MR) is 55.2 cm³/mol. The fraction of sp³-hybridized carbons (Fsp3) is 0.250. The molecule has 0 spiro atoms. The Balaban J connectivity index is 3.43. The van der Waals surface area contributed by atoms with Gasteiger partial charge in [-0.25, -0.2) is 13.8 Å². The van der Waals surface area contributed by atoms with Crippen LogP contribution in [0.2, 0.25) is 0 Å². The van der Waals surface area contributed by atoms with Gasteiger partial charge in [-0.1, -0.05) is 0 Å². The number of halogens is 3. The van der Waals surface area contributed by atoms with E-state index in [0.29, 0.717) is 6.29 Å². The summed E-state index contributed by atoms with van der Waals surface area (Å²) in [5.41, 5.74) is 5.11. The number of hydrogen-bond acceptors (Lipinski definition) is 3. The second-order valence-corrected chi connectivity index (χ2v) is 3.55. The van der Waals surface area contributed by atoms with Crippen molar-refractivity contribution in [2.45, 2.75) is 13.0 Å². The van der Waals surface area contributed by atoms with Gasteiger partial charge < -0.3 is 5.73 Å². The zero-order valence-corrected chi connectivity index (χ0v) is 9.16. The number of nitrogens with two attached hydrogens (primary N) is 1. The lowest BCUT2D eigenvalue weighted by Crippen LogP contribution is -2.08. The van der Waals surface area contributed by atoms with Gasteiger partial charge in [0.05, 0.1) is 5.56 Å². The molecule has 0 aliphatic carbocycles. The molecule has 0 saturated heterocycles. The lowest BCUT2D eigenvalue weighted by atomic mass is 10.1. The van der Waals surface area contributed by atoms with Crippen molar-refractivity contribution in [2.75, 3.05) is 0 Å². The van der Waals surface area contributed by atoms with E-state index in [-0.39, 0.29) is 26.9 Å². The van der Waals surface area contributed by atoms with Crippen molar-refractivity contribution in [1.82, 2.24) is 4.98 Å². The summed E-state index contributed by atoms with van der Waals surface area (Å²) in [6.45, 7) is -0.0512. The van der Waals surface area contributed by atoms with Gasteiger partial charge in [0, 0.05) is 18.3 Å². The SMILES string of the molecule is NCc1cnc(I)c(C=O)c1C(F)F. The van der Waals surface area contributed by atoms with Gasteiger partial charge in [-0.2, -0.15) is 0 Å². The Morgan fingerprint density at radius 1 is 1.64 bits per heavy atom. The minimum atomic E-state index is -2.70. The number of carbonyl (C=O) groups is 1. The standard InChI is InChI=1S/C8H7F2IN2O/c9-7(10)6-4(1-12)2-13-8(11)5(6)3-14/h2-3,7H,1,12H2. The molecule has 0 radical (unpaired) electrons. The predicted octanol–water partition coefficient (Wildman–Crippen LogP) is 1.90. The number of pyridine rings is 1. The van der Waals surface area contributed by atoms with E-state index in [1.807, 2.05) is 0 Å². The van der Waals surface area contributed by atoms with Gasteiger partial charge in [-0.3, -0.25) is 4.79 Å². The summed E-state index contributed by atoms with van der Waals surface area (Å²) in [6, 6.07) is 0. The van der Waals surface area contributed by atoms with Crippen LogP contribution in [0, 0.1) is 3.70 Å². The Bertz CT molecular complexity index is 357. The molecule has 0 amide bonds. The molecule has 0 aromatic carbocycles. The number of aromatic nitrogens is 1. The Morgan fingerprint density at radius 3 is 2.71 bits per heavy atom. The van der Waals surface area contributed by atoms with E-state index in [0.717, 1.165) is 0 Å². The van der Waals surface area contributed by atoms with Gasteiger partial charge in [0.25, 0.3) is 6.43 Å². The average molecular weight is 312 g/mol. The summed E-state index contributed by atoms with van der Waals surface area (Å²) in [5, 5.41) is 0. The zero-order chi connectivity index (χ0) is 10.7. The van der Waals surface area contributed by atoms with Crippen LogP contribution in [0.4, 0.5) is 8.78 Å². The third-order valence-electron chi connectivity index (χ3n) is 1.75. The van der Waals surface area contributed by atoms with Crippen molar-refractivity contribution in [1.29, 1.82) is 0 Å². The Morgan fingerprint density at radius 2 is 2.29 bits per heavy atom. The van der Waals surface area contributed by atoms with Crippen LogP contribution >= 0.6 is 22.6 Å². The van der Waals surface area contributed by atoms with Crippen LogP contribution in [0.25, 0.3) is 0 Å². The molecule has 0 bridgehead atoms. The van der Waals surface area contributed by atoms with E-state index in [9.17, 15) is 13.6 Å². The molecule has 0 aliphatic rings. The van der Waals surface area contributed by atoms with Crippen LogP contribution in [0.3, 0.4) is 0 Å². The van der Waals surface area contributed by atoms with Crippen LogP contribution in [0.1, 0.15) is 27.9 Å². The summed E-state index contributed by atoms with van der Waals surface area (Å²) in [6.07, 6.45) is -1.05. The summed E-state index contributed by atoms with van der Waals surface area (Å²) < 4.78 is 25.5. The first-order chi connectivity index (χ1) is 6.61. The second kappa shape index (κ2) is 4.74. The number of carbonyl (C=O) groups excluding carboxylic acids is 1. The summed E-state index contributed by atoms with van der Waals surface area (Å²) in [5.74, 6) is 0. The van der Waals surface area contributed by atoms with E-state index in [4.69, 9.17) is 5.73 Å². The maximum atomic E-state index is 12.6. The summed E-state index contributed by atoms with van der Waals surface area (Å²) in [7, 11) is 0. The van der Waals surface area contributed by atoms with E-state index < -0.39 is 6.43 Å². The van der Waals surface area contributed by atoms with E-state index in [1.54, 1.807) is 22.6 Å². The van der Waals surface area contributed by atoms with Crippen molar-refractivity contribution in [2.24, 2.45) is 5.73 Å². The number of hydrogen-bond donors (Lipinski definition) is 1. The van der Waals surface area contributed by atoms with Crippen molar-refractivity contribution in [3.05, 3.63) is 26.6 Å². The highest BCUT2D eigenvalue weighted by Crippen LogP contribution is 2.27. The highest BCUT2D eigenvalue weighted by molar-refractivity contribution is 14.1. The Hall–Kier alpha value is -0.630. The molecule has 0 saturated carbocycles. The lowest BCUT2D eigenvalue weighted by Gasteiger charge is -2.09. The van der Waals surface area contributed by atoms with E-state index >= 15 is 0 Å². The first-order valence-corrected chi connectivity index (χ1v) is 4.80. The summed E-state index contributed by atoms with van der Waals surface area (Å²) in [4.78, 5) is 14.4. The van der Waals surface area contributed by atoms with Crippen molar-refractivity contribution in [3.8, 4) is 0 Å². The molecule has 0 aliphatic heterocycles. The maximum absolute atomic E-state index is 12.6. The smallest absolute Gasteiger partial charge is 0.265 e. The van der Waals surface area contributed by atoms with Gasteiger partial charge in [0.2, 0.25) is 0 Å². The number of aldehydes is 1. The van der Waals surface area contributed by atoms with E-state index in [2.05, 4.69) is 4.98 Å². The van der Waals surface area contributed by atoms with Gasteiger partial charge >= 0.3 is 0 Å². The molecule has 0 fully saturated rings. The molecule has 14 heavy (non-hydrogen) atoms. The highest BCUT2D eigenvalue weighted by Gasteiger charge is 2.19. The maximum Gasteiger partial charge on any atom is 0.265 e. The minimum Gasteiger partial charge on any atom is -0.326 e. The molecule has 1 aromatic heterocycles. The quantitative estimate of drug-likeness (QED) is 0.527. The van der Waals surface area contributed by atoms with E-state index in [1.165, 1.54) is 6.20 Å². The van der Waals surface area contributed by atoms with Crippen molar-refractivity contribution < 1.29 is 13.6 Å². The summed E-state index contributed by atoms with van der Waals surface area (Å²) >= 11 is 1.74. The molecular formula is C8H7F2IN2O. The fourth-order valence-corrected chi connectivity index (χ4v) is 1.65. The molecular weight excluding hydrogens is 305 g/mol. The molecule has 3 nitrogen and oxygen atoms in total. The molecule has 76 valence electrons. The molecule has 2 N–H and O–H groups in total. The van der Waals surface area contributed by atoms with Gasteiger partial charge in [-0.15, -0.1) is 0 Å². The molecule has 0 atom stereocenters. The Kier molecular flexibility index (Phi) is 3.87.